The minimum atomic E-state index is -0.938. The monoisotopic (exact) mass is 545 g/mol. The van der Waals surface area contributed by atoms with Gasteiger partial charge in [-0.25, -0.2) is 0 Å². The largest absolute Gasteiger partial charge is 0.368 e. The maximum atomic E-state index is 13.5. The molecule has 4 atom stereocenters. The van der Waals surface area contributed by atoms with E-state index in [1.807, 2.05) is 58.0 Å². The van der Waals surface area contributed by atoms with Gasteiger partial charge >= 0.3 is 0 Å². The molecule has 0 spiro atoms. The number of rotatable bonds is 15. The zero-order chi connectivity index (χ0) is 29.9. The van der Waals surface area contributed by atoms with Crippen molar-refractivity contribution in [1.29, 1.82) is 0 Å². The van der Waals surface area contributed by atoms with Crippen LogP contribution in [0.2, 0.25) is 0 Å². The third-order valence-corrected chi connectivity index (χ3v) is 6.39. The summed E-state index contributed by atoms with van der Waals surface area (Å²) in [6.07, 6.45) is 0.973. The van der Waals surface area contributed by atoms with Crippen molar-refractivity contribution in [3.8, 4) is 0 Å². The van der Waals surface area contributed by atoms with Gasteiger partial charge in [0.05, 0.1) is 0 Å². The quantitative estimate of drug-likeness (QED) is 0.265. The molecule has 0 aliphatic carbocycles. The first-order valence-corrected chi connectivity index (χ1v) is 13.6. The second kappa shape index (κ2) is 15.9. The zero-order valence-electron chi connectivity index (χ0n) is 24.6. The Kier molecular flexibility index (Phi) is 13.7. The molecule has 1 rings (SSSR count). The van der Waals surface area contributed by atoms with Gasteiger partial charge in [-0.1, -0.05) is 71.9 Å². The maximum Gasteiger partial charge on any atom is 0.245 e. The molecule has 218 valence electrons. The van der Waals surface area contributed by atoms with Crippen LogP contribution in [-0.4, -0.2) is 65.7 Å². The molecular formula is C29H47N5O5. The molecule has 0 aromatic heterocycles. The van der Waals surface area contributed by atoms with Crippen molar-refractivity contribution in [2.24, 2.45) is 23.5 Å². The molecule has 0 radical (unpaired) electrons. The minimum absolute atomic E-state index is 0.0514. The lowest BCUT2D eigenvalue weighted by atomic mass is 9.97. The van der Waals surface area contributed by atoms with Gasteiger partial charge in [0.25, 0.3) is 0 Å². The van der Waals surface area contributed by atoms with Crippen LogP contribution < -0.4 is 21.7 Å². The number of likely N-dealkylation sites (N-methyl/N-ethyl adjacent to an activating group) is 1. The van der Waals surface area contributed by atoms with Gasteiger partial charge in [0.2, 0.25) is 29.5 Å². The minimum Gasteiger partial charge on any atom is -0.368 e. The molecule has 39 heavy (non-hydrogen) atoms. The summed E-state index contributed by atoms with van der Waals surface area (Å²) in [7, 11) is 1.51. The van der Waals surface area contributed by atoms with E-state index in [4.69, 9.17) is 5.73 Å². The van der Waals surface area contributed by atoms with Crippen molar-refractivity contribution >= 4 is 29.5 Å². The van der Waals surface area contributed by atoms with Gasteiger partial charge in [-0.2, -0.15) is 0 Å². The number of hydrogen-bond donors (Lipinski definition) is 4. The molecule has 5 amide bonds. The number of nitrogens with two attached hydrogens (primary N) is 1. The smallest absolute Gasteiger partial charge is 0.245 e. The number of amides is 5. The second-order valence-corrected chi connectivity index (χ2v) is 11.4. The van der Waals surface area contributed by atoms with Crippen molar-refractivity contribution in [1.82, 2.24) is 20.9 Å². The van der Waals surface area contributed by atoms with Crippen LogP contribution in [0.3, 0.4) is 0 Å². The van der Waals surface area contributed by atoms with Gasteiger partial charge < -0.3 is 26.6 Å². The summed E-state index contributed by atoms with van der Waals surface area (Å²) in [6.45, 7) is 12.6. The SMILES string of the molecule is CC(=O)N[C@@H](Cc1ccccc1)C(=O)N[C@@H](CC(C)C)C(=O)N[C@H](C(=O)N(C)[C@@H](CC(C)C)C(N)=O)C(C)C. The first kappa shape index (κ1) is 33.6. The highest BCUT2D eigenvalue weighted by molar-refractivity contribution is 5.95. The summed E-state index contributed by atoms with van der Waals surface area (Å²) in [5, 5.41) is 8.26. The number of nitrogens with zero attached hydrogens (tertiary/aromatic N) is 1. The summed E-state index contributed by atoms with van der Waals surface area (Å²) in [6, 6.07) is 5.70. The van der Waals surface area contributed by atoms with E-state index in [1.165, 1.54) is 18.9 Å². The summed E-state index contributed by atoms with van der Waals surface area (Å²) >= 11 is 0. The molecule has 0 saturated carbocycles. The van der Waals surface area contributed by atoms with Crippen molar-refractivity contribution in [2.45, 2.75) is 91.9 Å². The number of benzene rings is 1. The highest BCUT2D eigenvalue weighted by Gasteiger charge is 2.35. The standard InChI is InChI=1S/C29H47N5O5/c1-17(2)14-22(32-27(37)23(31-20(7)35)16-21-12-10-9-11-13-21)28(38)33-25(19(5)6)29(39)34(8)24(26(30)36)15-18(3)4/h9-13,17-19,22-25H,14-16H2,1-8H3,(H2,30,36)(H,31,35)(H,32,37)(H,33,38)/t22-,23-,24-,25-/m0/s1. The van der Waals surface area contributed by atoms with Gasteiger partial charge in [0.1, 0.15) is 24.2 Å². The number of hydrogen-bond acceptors (Lipinski definition) is 5. The molecule has 10 heteroatoms. The van der Waals surface area contributed by atoms with E-state index >= 15 is 0 Å². The highest BCUT2D eigenvalue weighted by atomic mass is 16.2. The molecular weight excluding hydrogens is 498 g/mol. The first-order chi connectivity index (χ1) is 18.1. The molecule has 1 aromatic carbocycles. The first-order valence-electron chi connectivity index (χ1n) is 13.6. The molecule has 10 nitrogen and oxygen atoms in total. The van der Waals surface area contributed by atoms with E-state index in [0.29, 0.717) is 12.8 Å². The number of carbonyl (C=O) groups excluding carboxylic acids is 5. The fourth-order valence-corrected chi connectivity index (χ4v) is 4.33. The van der Waals surface area contributed by atoms with Crippen molar-refractivity contribution in [3.63, 3.8) is 0 Å². The van der Waals surface area contributed by atoms with E-state index < -0.39 is 47.8 Å². The Labute approximate surface area is 232 Å². The average Bonchev–Trinajstić information content (AvgIpc) is 2.83. The van der Waals surface area contributed by atoms with Crippen LogP contribution in [0.15, 0.2) is 30.3 Å². The molecule has 0 unspecified atom stereocenters. The van der Waals surface area contributed by atoms with Crippen LogP contribution in [0.4, 0.5) is 0 Å². The van der Waals surface area contributed by atoms with Crippen molar-refractivity contribution in [2.75, 3.05) is 7.05 Å². The van der Waals surface area contributed by atoms with Gasteiger partial charge in [-0.05, 0) is 36.2 Å². The summed E-state index contributed by atoms with van der Waals surface area (Å²) in [4.78, 5) is 65.4. The van der Waals surface area contributed by atoms with E-state index in [1.54, 1.807) is 13.8 Å². The summed E-state index contributed by atoms with van der Waals surface area (Å²) < 4.78 is 0. The molecule has 0 bridgehead atoms. The Morgan fingerprint density at radius 3 is 1.79 bits per heavy atom. The van der Waals surface area contributed by atoms with E-state index in [-0.39, 0.29) is 30.1 Å². The van der Waals surface area contributed by atoms with Crippen LogP contribution in [0.5, 0.6) is 0 Å². The van der Waals surface area contributed by atoms with E-state index in [2.05, 4.69) is 16.0 Å². The Hall–Kier alpha value is -3.43. The fourth-order valence-electron chi connectivity index (χ4n) is 4.33. The lowest BCUT2D eigenvalue weighted by Crippen LogP contribution is -2.59. The highest BCUT2D eigenvalue weighted by Crippen LogP contribution is 2.15. The van der Waals surface area contributed by atoms with Crippen LogP contribution in [0.1, 0.15) is 66.9 Å². The lowest BCUT2D eigenvalue weighted by molar-refractivity contribution is -0.143. The van der Waals surface area contributed by atoms with Crippen LogP contribution >= 0.6 is 0 Å². The normalized spacial score (nSPS) is 14.3. The van der Waals surface area contributed by atoms with Crippen LogP contribution in [0.25, 0.3) is 0 Å². The Balaban J connectivity index is 3.14. The summed E-state index contributed by atoms with van der Waals surface area (Å²) in [5.41, 5.74) is 6.44. The Bertz CT molecular complexity index is 980. The molecule has 0 aliphatic rings. The Morgan fingerprint density at radius 2 is 1.33 bits per heavy atom. The lowest BCUT2D eigenvalue weighted by Gasteiger charge is -2.33. The predicted molar refractivity (Wildman–Crippen MR) is 151 cm³/mol. The average molecular weight is 546 g/mol. The molecule has 1 aromatic rings. The van der Waals surface area contributed by atoms with Gasteiger partial charge in [-0.15, -0.1) is 0 Å². The van der Waals surface area contributed by atoms with Gasteiger partial charge in [0, 0.05) is 20.4 Å². The van der Waals surface area contributed by atoms with Crippen molar-refractivity contribution in [3.05, 3.63) is 35.9 Å². The van der Waals surface area contributed by atoms with Crippen LogP contribution in [-0.2, 0) is 30.4 Å². The van der Waals surface area contributed by atoms with Gasteiger partial charge in [-0.3, -0.25) is 24.0 Å². The topological polar surface area (TPSA) is 151 Å². The zero-order valence-corrected chi connectivity index (χ0v) is 24.6. The van der Waals surface area contributed by atoms with Gasteiger partial charge in [0.15, 0.2) is 0 Å². The number of carbonyl (C=O) groups is 5. The summed E-state index contributed by atoms with van der Waals surface area (Å²) in [5.74, 6) is -2.54. The molecule has 0 heterocycles. The third-order valence-electron chi connectivity index (χ3n) is 6.39. The molecule has 0 fully saturated rings. The molecule has 5 N–H and O–H groups in total. The maximum absolute atomic E-state index is 13.5. The number of nitrogens with one attached hydrogen (secondary N) is 3. The predicted octanol–water partition coefficient (Wildman–Crippen LogP) is 1.76. The van der Waals surface area contributed by atoms with Crippen molar-refractivity contribution < 1.29 is 24.0 Å². The second-order valence-electron chi connectivity index (χ2n) is 11.4. The molecule has 0 saturated heterocycles. The third kappa shape index (κ3) is 11.5. The van der Waals surface area contributed by atoms with E-state index in [0.717, 1.165) is 5.56 Å². The number of primary amides is 1. The fraction of sp³-hybridized carbons (Fsp3) is 0.621. The Morgan fingerprint density at radius 1 is 0.795 bits per heavy atom. The van der Waals surface area contributed by atoms with Crippen LogP contribution in [0, 0.1) is 17.8 Å². The van der Waals surface area contributed by atoms with E-state index in [9.17, 15) is 24.0 Å². The molecule has 0 aliphatic heterocycles.